The number of ether oxygens (including phenoxy) is 1. The van der Waals surface area contributed by atoms with Gasteiger partial charge < -0.3 is 4.74 Å². The van der Waals surface area contributed by atoms with Crippen molar-refractivity contribution in [3.8, 4) is 0 Å². The van der Waals surface area contributed by atoms with Gasteiger partial charge in [-0.25, -0.2) is 0 Å². The van der Waals surface area contributed by atoms with Gasteiger partial charge in [-0.2, -0.15) is 0 Å². The van der Waals surface area contributed by atoms with Crippen molar-refractivity contribution in [1.29, 1.82) is 0 Å². The van der Waals surface area contributed by atoms with Crippen molar-refractivity contribution in [3.63, 3.8) is 0 Å². The van der Waals surface area contributed by atoms with Crippen LogP contribution in [0.2, 0.25) is 0 Å². The fraction of sp³-hybridized carbons (Fsp3) is 0.600. The maximum absolute atomic E-state index is 5.59. The molecule has 0 saturated carbocycles. The predicted octanol–water partition coefficient (Wildman–Crippen LogP) is 2.65. The Balaban J connectivity index is 2.45. The second-order valence-corrected chi connectivity index (χ2v) is 3.80. The largest absolute Gasteiger partial charge is 0.479 e. The molecule has 2 atom stereocenters. The summed E-state index contributed by atoms with van der Waals surface area (Å²) in [6.45, 7) is 8.67. The Morgan fingerprint density at radius 3 is 2.73 bits per heavy atom. The van der Waals surface area contributed by atoms with Crippen molar-refractivity contribution in [2.24, 2.45) is 5.92 Å². The number of hydrogen-bond donors (Lipinski definition) is 0. The van der Waals surface area contributed by atoms with Crippen molar-refractivity contribution in [3.05, 3.63) is 23.0 Å². The van der Waals surface area contributed by atoms with Crippen LogP contribution in [-0.4, -0.2) is 5.60 Å². The van der Waals surface area contributed by atoms with Crippen molar-refractivity contribution in [2.45, 2.75) is 33.3 Å². The highest BCUT2D eigenvalue weighted by atomic mass is 16.6. The monoisotopic (exact) mass is 150 g/mol. The molecule has 60 valence electrons. The summed E-state index contributed by atoms with van der Waals surface area (Å²) in [6, 6.07) is 0. The Bertz CT molecular complexity index is 273. The maximum atomic E-state index is 5.59. The van der Waals surface area contributed by atoms with Crippen molar-refractivity contribution in [2.75, 3.05) is 0 Å². The Morgan fingerprint density at radius 2 is 2.09 bits per heavy atom. The molecule has 2 aliphatic rings. The molecule has 1 aliphatic heterocycles. The van der Waals surface area contributed by atoms with Crippen molar-refractivity contribution < 1.29 is 4.74 Å². The molecule has 2 unspecified atom stereocenters. The molecule has 11 heavy (non-hydrogen) atoms. The lowest BCUT2D eigenvalue weighted by atomic mass is 9.85. The molecule has 0 radical (unpaired) electrons. The van der Waals surface area contributed by atoms with E-state index in [2.05, 4.69) is 33.8 Å². The number of fused-ring (bicyclic) bond motifs is 1. The fourth-order valence-corrected chi connectivity index (χ4v) is 1.77. The molecule has 1 fully saturated rings. The van der Waals surface area contributed by atoms with Crippen LogP contribution in [0.3, 0.4) is 0 Å². The molecule has 1 heteroatoms. The molecule has 0 N–H and O–H groups in total. The average molecular weight is 150 g/mol. The van der Waals surface area contributed by atoms with E-state index in [4.69, 9.17) is 4.74 Å². The third-order valence-electron chi connectivity index (χ3n) is 3.02. The van der Waals surface area contributed by atoms with E-state index in [1.54, 1.807) is 0 Å². The van der Waals surface area contributed by atoms with Crippen LogP contribution >= 0.6 is 0 Å². The summed E-state index contributed by atoms with van der Waals surface area (Å²) in [6.07, 6.45) is 2.30. The van der Waals surface area contributed by atoms with Gasteiger partial charge in [-0.05, 0) is 31.9 Å². The molecule has 2 rings (SSSR count). The zero-order valence-corrected chi connectivity index (χ0v) is 7.56. The van der Waals surface area contributed by atoms with Crippen LogP contribution in [0.25, 0.3) is 0 Å². The second kappa shape index (κ2) is 1.71. The lowest BCUT2D eigenvalue weighted by Crippen LogP contribution is -2.17. The van der Waals surface area contributed by atoms with Gasteiger partial charge in [0, 0.05) is 5.92 Å². The summed E-state index contributed by atoms with van der Waals surface area (Å²) < 4.78 is 5.59. The topological polar surface area (TPSA) is 12.5 Å². The van der Waals surface area contributed by atoms with E-state index in [1.165, 1.54) is 16.9 Å². The van der Waals surface area contributed by atoms with E-state index in [-0.39, 0.29) is 5.60 Å². The van der Waals surface area contributed by atoms with Crippen molar-refractivity contribution >= 4 is 0 Å². The van der Waals surface area contributed by atoms with E-state index in [1.807, 2.05) is 0 Å². The first-order valence-electron chi connectivity index (χ1n) is 4.15. The summed E-state index contributed by atoms with van der Waals surface area (Å²) >= 11 is 0. The van der Waals surface area contributed by atoms with Gasteiger partial charge in [-0.3, -0.25) is 0 Å². The molecular formula is C10H14O. The zero-order valence-electron chi connectivity index (χ0n) is 7.56. The summed E-state index contributed by atoms with van der Waals surface area (Å²) in [5.41, 5.74) is 2.77. The van der Waals surface area contributed by atoms with Crippen LogP contribution in [0.4, 0.5) is 0 Å². The van der Waals surface area contributed by atoms with E-state index in [0.29, 0.717) is 5.92 Å². The third-order valence-corrected chi connectivity index (χ3v) is 3.02. The average Bonchev–Trinajstić information content (AvgIpc) is 2.60. The fourth-order valence-electron chi connectivity index (χ4n) is 1.77. The third kappa shape index (κ3) is 0.712. The highest BCUT2D eigenvalue weighted by molar-refractivity contribution is 5.46. The minimum absolute atomic E-state index is 0.0591. The summed E-state index contributed by atoms with van der Waals surface area (Å²) in [7, 11) is 0. The highest BCUT2D eigenvalue weighted by Gasteiger charge is 2.54. The van der Waals surface area contributed by atoms with E-state index >= 15 is 0 Å². The molecular weight excluding hydrogens is 136 g/mol. The normalized spacial score (nSPS) is 41.1. The van der Waals surface area contributed by atoms with Crippen LogP contribution in [0.5, 0.6) is 0 Å². The zero-order chi connectivity index (χ0) is 8.22. The van der Waals surface area contributed by atoms with Gasteiger partial charge in [0.25, 0.3) is 0 Å². The van der Waals surface area contributed by atoms with Gasteiger partial charge in [0.05, 0.1) is 0 Å². The SMILES string of the molecule is CC1=CC(C)C2(C)OC2=C1C. The van der Waals surface area contributed by atoms with Gasteiger partial charge in [0.2, 0.25) is 0 Å². The highest BCUT2D eigenvalue weighted by Crippen LogP contribution is 2.53. The maximum Gasteiger partial charge on any atom is 0.169 e. The summed E-state index contributed by atoms with van der Waals surface area (Å²) in [5, 5.41) is 0. The van der Waals surface area contributed by atoms with E-state index in [0.717, 1.165) is 0 Å². The van der Waals surface area contributed by atoms with Crippen molar-refractivity contribution in [1.82, 2.24) is 0 Å². The van der Waals surface area contributed by atoms with Gasteiger partial charge in [0.1, 0.15) is 5.76 Å². The number of epoxide rings is 1. The Kier molecular flexibility index (Phi) is 1.08. The van der Waals surface area contributed by atoms with Gasteiger partial charge in [-0.15, -0.1) is 0 Å². The molecule has 1 aliphatic carbocycles. The van der Waals surface area contributed by atoms with Crippen LogP contribution in [0.1, 0.15) is 27.7 Å². The first-order valence-corrected chi connectivity index (χ1v) is 4.15. The lowest BCUT2D eigenvalue weighted by molar-refractivity contribution is 0.281. The summed E-state index contributed by atoms with van der Waals surface area (Å²) in [5.74, 6) is 1.76. The first kappa shape index (κ1) is 6.96. The Labute approximate surface area is 67.7 Å². The molecule has 1 nitrogen and oxygen atoms in total. The second-order valence-electron chi connectivity index (χ2n) is 3.80. The Morgan fingerprint density at radius 1 is 1.45 bits per heavy atom. The standard InChI is InChI=1S/C10H14O/c1-6-5-7(2)10(4)9(11-10)8(6)3/h5,7H,1-4H3. The van der Waals surface area contributed by atoms with Crippen LogP contribution in [0.15, 0.2) is 23.0 Å². The molecule has 0 amide bonds. The van der Waals surface area contributed by atoms with E-state index < -0.39 is 0 Å². The van der Waals surface area contributed by atoms with Crippen LogP contribution in [0, 0.1) is 5.92 Å². The Hall–Kier alpha value is -0.720. The summed E-state index contributed by atoms with van der Waals surface area (Å²) in [4.78, 5) is 0. The minimum atomic E-state index is 0.0591. The lowest BCUT2D eigenvalue weighted by Gasteiger charge is -2.14. The molecule has 0 aromatic carbocycles. The number of hydrogen-bond acceptors (Lipinski definition) is 1. The van der Waals surface area contributed by atoms with Gasteiger partial charge in [-0.1, -0.05) is 13.0 Å². The predicted molar refractivity (Wildman–Crippen MR) is 45.1 cm³/mol. The van der Waals surface area contributed by atoms with Crippen LogP contribution < -0.4 is 0 Å². The minimum Gasteiger partial charge on any atom is -0.479 e. The van der Waals surface area contributed by atoms with Gasteiger partial charge >= 0.3 is 0 Å². The molecule has 0 bridgehead atoms. The van der Waals surface area contributed by atoms with Crippen LogP contribution in [-0.2, 0) is 4.74 Å². The quantitative estimate of drug-likeness (QED) is 0.483. The molecule has 1 saturated heterocycles. The smallest absolute Gasteiger partial charge is 0.169 e. The number of rotatable bonds is 0. The van der Waals surface area contributed by atoms with E-state index in [9.17, 15) is 0 Å². The van der Waals surface area contributed by atoms with Gasteiger partial charge in [0.15, 0.2) is 5.60 Å². The molecule has 0 spiro atoms. The first-order chi connectivity index (χ1) is 5.05. The molecule has 0 aromatic heterocycles. The molecule has 0 aromatic rings. The molecule has 1 heterocycles. The number of allylic oxidation sites excluding steroid dienone is 2.